The lowest BCUT2D eigenvalue weighted by atomic mass is 10.1. The van der Waals surface area contributed by atoms with Crippen LogP contribution in [-0.4, -0.2) is 44.7 Å². The number of ether oxygens (including phenoxy) is 2. The molecule has 0 aromatic heterocycles. The van der Waals surface area contributed by atoms with Crippen molar-refractivity contribution in [2.24, 2.45) is 0 Å². The Bertz CT molecular complexity index is 500. The van der Waals surface area contributed by atoms with Crippen molar-refractivity contribution in [3.8, 4) is 11.8 Å². The zero-order valence-electron chi connectivity index (χ0n) is 11.6. The second kappa shape index (κ2) is 8.12. The average Bonchev–Trinajstić information content (AvgIpc) is 2.46. The van der Waals surface area contributed by atoms with Crippen molar-refractivity contribution in [1.82, 2.24) is 4.90 Å². The molecule has 1 aromatic rings. The summed E-state index contributed by atoms with van der Waals surface area (Å²) in [6, 6.07) is 6.01. The van der Waals surface area contributed by atoms with Crippen LogP contribution in [0, 0.1) is 17.1 Å². The van der Waals surface area contributed by atoms with Crippen molar-refractivity contribution >= 4 is 5.91 Å². The van der Waals surface area contributed by atoms with Crippen LogP contribution >= 0.6 is 0 Å². The molecule has 0 fully saturated rings. The minimum Gasteiger partial charge on any atom is -0.494 e. The highest BCUT2D eigenvalue weighted by Crippen LogP contribution is 2.18. The highest BCUT2D eigenvalue weighted by Gasteiger charge is 2.17. The largest absolute Gasteiger partial charge is 0.494 e. The Hall–Kier alpha value is -2.13. The molecular formula is C14H17FN2O3. The SMILES string of the molecule is COCCN(CCC#N)C(=O)c1ccc(OC)c(F)c1. The molecule has 0 N–H and O–H groups in total. The number of amides is 1. The standard InChI is InChI=1S/C14H17FN2O3/c1-19-9-8-17(7-3-6-16)14(18)11-4-5-13(20-2)12(15)10-11/h4-5,10H,3,7-9H2,1-2H3. The van der Waals surface area contributed by atoms with Crippen LogP contribution in [0.15, 0.2) is 18.2 Å². The van der Waals surface area contributed by atoms with Gasteiger partial charge in [0.1, 0.15) is 0 Å². The maximum atomic E-state index is 13.6. The molecule has 0 saturated carbocycles. The van der Waals surface area contributed by atoms with E-state index in [-0.39, 0.29) is 30.2 Å². The first-order valence-corrected chi connectivity index (χ1v) is 6.12. The third kappa shape index (κ3) is 4.21. The molecule has 0 saturated heterocycles. The summed E-state index contributed by atoms with van der Waals surface area (Å²) in [5.41, 5.74) is 0.220. The molecule has 0 atom stereocenters. The Morgan fingerprint density at radius 3 is 2.70 bits per heavy atom. The van der Waals surface area contributed by atoms with E-state index in [4.69, 9.17) is 14.7 Å². The van der Waals surface area contributed by atoms with Crippen molar-refractivity contribution < 1.29 is 18.7 Å². The number of methoxy groups -OCH3 is 2. The number of hydrogen-bond acceptors (Lipinski definition) is 4. The number of halogens is 1. The van der Waals surface area contributed by atoms with Gasteiger partial charge in [0.05, 0.1) is 26.2 Å². The maximum Gasteiger partial charge on any atom is 0.254 e. The van der Waals surface area contributed by atoms with E-state index in [1.165, 1.54) is 31.3 Å². The number of nitrogens with zero attached hydrogens (tertiary/aromatic N) is 2. The fraction of sp³-hybridized carbons (Fsp3) is 0.429. The van der Waals surface area contributed by atoms with Gasteiger partial charge >= 0.3 is 0 Å². The molecule has 1 amide bonds. The fourth-order valence-corrected chi connectivity index (χ4v) is 1.68. The first-order chi connectivity index (χ1) is 9.63. The average molecular weight is 280 g/mol. The highest BCUT2D eigenvalue weighted by atomic mass is 19.1. The minimum absolute atomic E-state index is 0.0852. The predicted octanol–water partition coefficient (Wildman–Crippen LogP) is 1.84. The first kappa shape index (κ1) is 15.9. The van der Waals surface area contributed by atoms with Gasteiger partial charge in [0.25, 0.3) is 5.91 Å². The second-order valence-corrected chi connectivity index (χ2v) is 4.04. The zero-order valence-corrected chi connectivity index (χ0v) is 11.6. The highest BCUT2D eigenvalue weighted by molar-refractivity contribution is 5.94. The minimum atomic E-state index is -0.592. The number of benzene rings is 1. The number of carbonyl (C=O) groups is 1. The van der Waals surface area contributed by atoms with Gasteiger partial charge in [-0.2, -0.15) is 5.26 Å². The van der Waals surface area contributed by atoms with E-state index in [1.54, 1.807) is 0 Å². The monoisotopic (exact) mass is 280 g/mol. The fourth-order valence-electron chi connectivity index (χ4n) is 1.68. The molecule has 20 heavy (non-hydrogen) atoms. The van der Waals surface area contributed by atoms with Crippen LogP contribution in [0.3, 0.4) is 0 Å². The lowest BCUT2D eigenvalue weighted by Gasteiger charge is -2.21. The summed E-state index contributed by atoms with van der Waals surface area (Å²) in [7, 11) is 2.89. The zero-order chi connectivity index (χ0) is 15.0. The molecule has 0 heterocycles. The summed E-state index contributed by atoms with van der Waals surface area (Å²) in [6.07, 6.45) is 0.216. The van der Waals surface area contributed by atoms with Gasteiger partial charge in [-0.25, -0.2) is 4.39 Å². The third-order valence-corrected chi connectivity index (χ3v) is 2.74. The van der Waals surface area contributed by atoms with E-state index in [2.05, 4.69) is 0 Å². The molecular weight excluding hydrogens is 263 g/mol. The Kier molecular flexibility index (Phi) is 6.47. The van der Waals surface area contributed by atoms with Gasteiger partial charge in [-0.05, 0) is 18.2 Å². The van der Waals surface area contributed by atoms with Crippen molar-refractivity contribution in [3.05, 3.63) is 29.6 Å². The Morgan fingerprint density at radius 1 is 1.40 bits per heavy atom. The molecule has 0 bridgehead atoms. The molecule has 0 aliphatic heterocycles. The number of carbonyl (C=O) groups excluding carboxylic acids is 1. The molecule has 0 unspecified atom stereocenters. The lowest BCUT2D eigenvalue weighted by Crippen LogP contribution is -2.34. The van der Waals surface area contributed by atoms with Crippen molar-refractivity contribution in [1.29, 1.82) is 5.26 Å². The lowest BCUT2D eigenvalue weighted by molar-refractivity contribution is 0.0699. The van der Waals surface area contributed by atoms with E-state index in [0.717, 1.165) is 6.07 Å². The number of rotatable bonds is 7. The third-order valence-electron chi connectivity index (χ3n) is 2.74. The smallest absolute Gasteiger partial charge is 0.254 e. The number of hydrogen-bond donors (Lipinski definition) is 0. The van der Waals surface area contributed by atoms with Gasteiger partial charge in [-0.3, -0.25) is 4.79 Å². The van der Waals surface area contributed by atoms with Crippen molar-refractivity contribution in [2.45, 2.75) is 6.42 Å². The van der Waals surface area contributed by atoms with Crippen LogP contribution < -0.4 is 4.74 Å². The van der Waals surface area contributed by atoms with Gasteiger partial charge < -0.3 is 14.4 Å². The van der Waals surface area contributed by atoms with Gasteiger partial charge in [-0.1, -0.05) is 0 Å². The Balaban J connectivity index is 2.87. The molecule has 1 rings (SSSR count). The van der Waals surface area contributed by atoms with Crippen LogP contribution in [0.2, 0.25) is 0 Å². The molecule has 108 valence electrons. The van der Waals surface area contributed by atoms with E-state index in [9.17, 15) is 9.18 Å². The summed E-state index contributed by atoms with van der Waals surface area (Å²) < 4.78 is 23.3. The second-order valence-electron chi connectivity index (χ2n) is 4.04. The van der Waals surface area contributed by atoms with E-state index < -0.39 is 5.82 Å². The summed E-state index contributed by atoms with van der Waals surface area (Å²) >= 11 is 0. The molecule has 0 spiro atoms. The van der Waals surface area contributed by atoms with Crippen LogP contribution in [0.1, 0.15) is 16.8 Å². The van der Waals surface area contributed by atoms with Gasteiger partial charge in [0, 0.05) is 25.8 Å². The van der Waals surface area contributed by atoms with Crippen molar-refractivity contribution in [2.75, 3.05) is 33.9 Å². The Labute approximate surface area is 117 Å². The summed E-state index contributed by atoms with van der Waals surface area (Å²) in [5.74, 6) is -0.841. The van der Waals surface area contributed by atoms with Crippen molar-refractivity contribution in [3.63, 3.8) is 0 Å². The van der Waals surface area contributed by atoms with Crippen LogP contribution in [0.25, 0.3) is 0 Å². The summed E-state index contributed by atoms with van der Waals surface area (Å²) in [6.45, 7) is 0.993. The molecule has 1 aromatic carbocycles. The molecule has 0 aliphatic carbocycles. The van der Waals surface area contributed by atoms with E-state index in [1.807, 2.05) is 6.07 Å². The van der Waals surface area contributed by atoms with E-state index >= 15 is 0 Å². The van der Waals surface area contributed by atoms with Crippen LogP contribution in [-0.2, 0) is 4.74 Å². The summed E-state index contributed by atoms with van der Waals surface area (Å²) in [5, 5.41) is 8.61. The first-order valence-electron chi connectivity index (χ1n) is 6.12. The molecule has 0 radical (unpaired) electrons. The van der Waals surface area contributed by atoms with Crippen LogP contribution in [0.5, 0.6) is 5.75 Å². The molecule has 5 nitrogen and oxygen atoms in total. The van der Waals surface area contributed by atoms with Gasteiger partial charge in [-0.15, -0.1) is 0 Å². The van der Waals surface area contributed by atoms with Gasteiger partial charge in [0.2, 0.25) is 0 Å². The quantitative estimate of drug-likeness (QED) is 0.764. The van der Waals surface area contributed by atoms with E-state index in [0.29, 0.717) is 13.2 Å². The molecule has 0 aliphatic rings. The van der Waals surface area contributed by atoms with Crippen LogP contribution in [0.4, 0.5) is 4.39 Å². The van der Waals surface area contributed by atoms with Gasteiger partial charge in [0.15, 0.2) is 11.6 Å². The maximum absolute atomic E-state index is 13.6. The topological polar surface area (TPSA) is 62.6 Å². The summed E-state index contributed by atoms with van der Waals surface area (Å²) in [4.78, 5) is 13.7. The number of nitriles is 1. The molecule has 6 heteroatoms. The predicted molar refractivity (Wildman–Crippen MR) is 71.0 cm³/mol. The normalized spacial score (nSPS) is 9.90. The Morgan fingerprint density at radius 2 is 2.15 bits per heavy atom.